The van der Waals surface area contributed by atoms with E-state index in [2.05, 4.69) is 27.4 Å². The lowest BCUT2D eigenvalue weighted by atomic mass is 9.72. The third-order valence-electron chi connectivity index (χ3n) is 4.48. The summed E-state index contributed by atoms with van der Waals surface area (Å²) < 4.78 is 17.8. The van der Waals surface area contributed by atoms with Crippen LogP contribution in [0.4, 0.5) is 0 Å². The maximum Gasteiger partial charge on any atom is 0.155 e. The quantitative estimate of drug-likeness (QED) is 0.556. The van der Waals surface area contributed by atoms with Crippen molar-refractivity contribution in [2.24, 2.45) is 5.92 Å². The fourth-order valence-corrected chi connectivity index (χ4v) is 3.42. The van der Waals surface area contributed by atoms with Gasteiger partial charge in [-0.15, -0.1) is 0 Å². The van der Waals surface area contributed by atoms with Gasteiger partial charge in [0, 0.05) is 6.61 Å². The molecule has 4 atom stereocenters. The normalized spacial score (nSPS) is 40.8. The van der Waals surface area contributed by atoms with Crippen LogP contribution in [0.15, 0.2) is 12.2 Å². The van der Waals surface area contributed by atoms with Crippen LogP contribution in [0.2, 0.25) is 0 Å². The first kappa shape index (κ1) is 14.0. The van der Waals surface area contributed by atoms with E-state index in [1.165, 1.54) is 0 Å². The van der Waals surface area contributed by atoms with Crippen LogP contribution in [0.1, 0.15) is 47.5 Å². The highest BCUT2D eigenvalue weighted by Crippen LogP contribution is 2.57. The first-order valence-corrected chi connectivity index (χ1v) is 7.02. The summed E-state index contributed by atoms with van der Waals surface area (Å²) >= 11 is 0. The molecule has 3 heteroatoms. The van der Waals surface area contributed by atoms with Crippen LogP contribution in [0.25, 0.3) is 0 Å². The van der Waals surface area contributed by atoms with Crippen molar-refractivity contribution in [3.63, 3.8) is 0 Å². The summed E-state index contributed by atoms with van der Waals surface area (Å²) in [5, 5.41) is 0. The van der Waals surface area contributed by atoms with Crippen molar-refractivity contribution >= 4 is 0 Å². The Balaban J connectivity index is 2.16. The summed E-state index contributed by atoms with van der Waals surface area (Å²) in [6.45, 7) is 15.4. The molecule has 1 unspecified atom stereocenters. The first-order valence-electron chi connectivity index (χ1n) is 7.02. The van der Waals surface area contributed by atoms with Gasteiger partial charge in [0.05, 0.1) is 11.2 Å². The van der Waals surface area contributed by atoms with Gasteiger partial charge >= 0.3 is 0 Å². The molecule has 3 nitrogen and oxygen atoms in total. The van der Waals surface area contributed by atoms with Gasteiger partial charge in [-0.3, -0.25) is 0 Å². The van der Waals surface area contributed by atoms with Crippen LogP contribution in [0, 0.1) is 5.92 Å². The standard InChI is InChI=1S/C15H26O3/c1-7-16-12(5)17-13-11(4)15(10(2)3)9-8-14(13,6)18-15/h10,12-13H,4,7-9H2,1-3,5-6H3/t12?,13-,14+,15+/m1/s1. The minimum Gasteiger partial charge on any atom is -0.361 e. The van der Waals surface area contributed by atoms with Crippen LogP contribution in [-0.2, 0) is 14.2 Å². The van der Waals surface area contributed by atoms with Crippen LogP contribution < -0.4 is 0 Å². The van der Waals surface area contributed by atoms with Gasteiger partial charge in [0.1, 0.15) is 6.10 Å². The lowest BCUT2D eigenvalue weighted by molar-refractivity contribution is -0.181. The number of ether oxygens (including phenoxy) is 3. The van der Waals surface area contributed by atoms with Crippen molar-refractivity contribution < 1.29 is 14.2 Å². The van der Waals surface area contributed by atoms with Crippen LogP contribution in [-0.4, -0.2) is 30.2 Å². The highest BCUT2D eigenvalue weighted by Gasteiger charge is 2.63. The monoisotopic (exact) mass is 254 g/mol. The molecule has 104 valence electrons. The second-order valence-corrected chi connectivity index (χ2v) is 6.02. The summed E-state index contributed by atoms with van der Waals surface area (Å²) in [7, 11) is 0. The second-order valence-electron chi connectivity index (χ2n) is 6.02. The highest BCUT2D eigenvalue weighted by atomic mass is 16.7. The van der Waals surface area contributed by atoms with E-state index in [9.17, 15) is 0 Å². The molecular weight excluding hydrogens is 228 g/mol. The van der Waals surface area contributed by atoms with Crippen LogP contribution in [0.3, 0.4) is 0 Å². The molecule has 2 rings (SSSR count). The molecule has 0 amide bonds. The minimum atomic E-state index is -0.229. The first-order chi connectivity index (χ1) is 8.35. The number of rotatable bonds is 5. The average Bonchev–Trinajstić information content (AvgIpc) is 2.74. The zero-order valence-electron chi connectivity index (χ0n) is 12.3. The predicted molar refractivity (Wildman–Crippen MR) is 71.4 cm³/mol. The van der Waals surface area contributed by atoms with Gasteiger partial charge in [-0.25, -0.2) is 0 Å². The molecule has 0 saturated carbocycles. The van der Waals surface area contributed by atoms with Gasteiger partial charge in [-0.05, 0) is 45.1 Å². The Kier molecular flexibility index (Phi) is 3.60. The van der Waals surface area contributed by atoms with E-state index in [-0.39, 0.29) is 23.6 Å². The Morgan fingerprint density at radius 3 is 2.56 bits per heavy atom. The fraction of sp³-hybridized carbons (Fsp3) is 0.867. The molecule has 0 aromatic heterocycles. The van der Waals surface area contributed by atoms with E-state index in [1.807, 2.05) is 13.8 Å². The molecule has 2 aliphatic rings. The Morgan fingerprint density at radius 1 is 1.39 bits per heavy atom. The summed E-state index contributed by atoms with van der Waals surface area (Å²) in [4.78, 5) is 0. The van der Waals surface area contributed by atoms with E-state index >= 15 is 0 Å². The average molecular weight is 254 g/mol. The van der Waals surface area contributed by atoms with Crippen molar-refractivity contribution in [2.75, 3.05) is 6.61 Å². The summed E-state index contributed by atoms with van der Waals surface area (Å²) in [6, 6.07) is 0. The minimum absolute atomic E-state index is 0.0461. The molecule has 0 radical (unpaired) electrons. The van der Waals surface area contributed by atoms with E-state index in [0.717, 1.165) is 18.4 Å². The van der Waals surface area contributed by atoms with E-state index in [0.29, 0.717) is 12.5 Å². The van der Waals surface area contributed by atoms with Gasteiger partial charge < -0.3 is 14.2 Å². The Bertz CT molecular complexity index is 339. The van der Waals surface area contributed by atoms with Crippen molar-refractivity contribution in [1.29, 1.82) is 0 Å². The van der Waals surface area contributed by atoms with Crippen LogP contribution in [0.5, 0.6) is 0 Å². The van der Waals surface area contributed by atoms with Gasteiger partial charge in [-0.2, -0.15) is 0 Å². The maximum atomic E-state index is 6.33. The highest BCUT2D eigenvalue weighted by molar-refractivity contribution is 5.33. The second kappa shape index (κ2) is 4.62. The SMILES string of the molecule is C=C1[C@@H](OC(C)OCC)[C@]2(C)CC[C@@]1(C(C)C)O2. The van der Waals surface area contributed by atoms with E-state index < -0.39 is 0 Å². The lowest BCUT2D eigenvalue weighted by Crippen LogP contribution is -2.42. The summed E-state index contributed by atoms with van der Waals surface area (Å²) in [6.07, 6.45) is 1.84. The fourth-order valence-electron chi connectivity index (χ4n) is 3.42. The van der Waals surface area contributed by atoms with Crippen molar-refractivity contribution in [3.8, 4) is 0 Å². The number of hydrogen-bond acceptors (Lipinski definition) is 3. The molecule has 0 aromatic rings. The third kappa shape index (κ3) is 1.93. The van der Waals surface area contributed by atoms with E-state index in [1.54, 1.807) is 0 Å². The Labute approximate surface area is 110 Å². The maximum absolute atomic E-state index is 6.33. The molecule has 2 bridgehead atoms. The van der Waals surface area contributed by atoms with E-state index in [4.69, 9.17) is 14.2 Å². The largest absolute Gasteiger partial charge is 0.361 e. The molecule has 0 aromatic carbocycles. The van der Waals surface area contributed by atoms with Crippen molar-refractivity contribution in [2.45, 2.75) is 71.1 Å². The predicted octanol–water partition coefficient (Wildman–Crippen LogP) is 3.29. The van der Waals surface area contributed by atoms with Crippen molar-refractivity contribution in [3.05, 3.63) is 12.2 Å². The molecular formula is C15H26O3. The molecule has 2 heterocycles. The van der Waals surface area contributed by atoms with Gasteiger partial charge in [0.15, 0.2) is 6.29 Å². The molecule has 2 aliphatic heterocycles. The molecule has 2 fully saturated rings. The summed E-state index contributed by atoms with van der Waals surface area (Å²) in [5.41, 5.74) is 0.677. The molecule has 0 aliphatic carbocycles. The molecule has 0 N–H and O–H groups in total. The van der Waals surface area contributed by atoms with Gasteiger partial charge in [-0.1, -0.05) is 20.4 Å². The molecule has 18 heavy (non-hydrogen) atoms. The zero-order chi connectivity index (χ0) is 13.6. The molecule has 2 saturated heterocycles. The van der Waals surface area contributed by atoms with Crippen LogP contribution >= 0.6 is 0 Å². The number of fused-ring (bicyclic) bond motifs is 2. The zero-order valence-corrected chi connectivity index (χ0v) is 12.3. The summed E-state index contributed by atoms with van der Waals surface area (Å²) in [5.74, 6) is 0.433. The number of hydrogen-bond donors (Lipinski definition) is 0. The third-order valence-corrected chi connectivity index (χ3v) is 4.48. The smallest absolute Gasteiger partial charge is 0.155 e. The topological polar surface area (TPSA) is 27.7 Å². The van der Waals surface area contributed by atoms with Gasteiger partial charge in [0.25, 0.3) is 0 Å². The lowest BCUT2D eigenvalue weighted by Gasteiger charge is -2.35. The van der Waals surface area contributed by atoms with Gasteiger partial charge in [0.2, 0.25) is 0 Å². The Hall–Kier alpha value is -0.380. The molecule has 0 spiro atoms. The Morgan fingerprint density at radius 2 is 2.06 bits per heavy atom. The van der Waals surface area contributed by atoms with Crippen molar-refractivity contribution in [1.82, 2.24) is 0 Å².